The maximum atomic E-state index is 13.6. The van der Waals surface area contributed by atoms with Crippen molar-refractivity contribution in [1.29, 1.82) is 5.26 Å². The van der Waals surface area contributed by atoms with Gasteiger partial charge in [0.2, 0.25) is 0 Å². The molecule has 0 saturated heterocycles. The van der Waals surface area contributed by atoms with Gasteiger partial charge in [0, 0.05) is 20.2 Å². The van der Waals surface area contributed by atoms with Gasteiger partial charge < -0.3 is 9.64 Å². The Morgan fingerprint density at radius 3 is 2.72 bits per heavy atom. The summed E-state index contributed by atoms with van der Waals surface area (Å²) in [6.45, 7) is 6.14. The number of hydrogen-bond donors (Lipinski definition) is 0. The molecule has 0 heterocycles. The maximum Gasteiger partial charge on any atom is 0.143 e. The highest BCUT2D eigenvalue weighted by Gasteiger charge is 2.15. The van der Waals surface area contributed by atoms with Crippen molar-refractivity contribution in [2.24, 2.45) is 5.92 Å². The van der Waals surface area contributed by atoms with Crippen LogP contribution in [0.4, 0.5) is 10.1 Å². The molecule has 0 amide bonds. The van der Waals surface area contributed by atoms with E-state index in [-0.39, 0.29) is 5.56 Å². The lowest BCUT2D eigenvalue weighted by Crippen LogP contribution is -2.31. The molecule has 0 atom stereocenters. The highest BCUT2D eigenvalue weighted by atomic mass is 19.1. The van der Waals surface area contributed by atoms with E-state index in [0.29, 0.717) is 24.8 Å². The normalized spacial score (nSPS) is 10.4. The molecule has 1 rings (SSSR count). The van der Waals surface area contributed by atoms with Gasteiger partial charge in [-0.3, -0.25) is 0 Å². The maximum absolute atomic E-state index is 13.6. The Balaban J connectivity index is 3.04. The van der Waals surface area contributed by atoms with Crippen LogP contribution in [0.5, 0.6) is 0 Å². The number of hydrogen-bond acceptors (Lipinski definition) is 3. The zero-order chi connectivity index (χ0) is 13.5. The SMILES string of the molecule is COCCN(CC(C)C)c1cccc(F)c1C#N. The van der Waals surface area contributed by atoms with Crippen LogP contribution in [0, 0.1) is 23.1 Å². The van der Waals surface area contributed by atoms with Crippen molar-refractivity contribution in [2.45, 2.75) is 13.8 Å². The summed E-state index contributed by atoms with van der Waals surface area (Å²) in [5.41, 5.74) is 0.748. The van der Waals surface area contributed by atoms with Gasteiger partial charge in [-0.05, 0) is 18.1 Å². The molecule has 0 fully saturated rings. The summed E-state index contributed by atoms with van der Waals surface area (Å²) in [6.07, 6.45) is 0. The largest absolute Gasteiger partial charge is 0.383 e. The van der Waals surface area contributed by atoms with Gasteiger partial charge in [-0.15, -0.1) is 0 Å². The number of rotatable bonds is 6. The molecule has 0 bridgehead atoms. The van der Waals surface area contributed by atoms with Crippen LogP contribution in [0.1, 0.15) is 19.4 Å². The molecule has 0 aromatic heterocycles. The van der Waals surface area contributed by atoms with E-state index in [1.165, 1.54) is 6.07 Å². The van der Waals surface area contributed by atoms with Gasteiger partial charge in [0.1, 0.15) is 17.4 Å². The lowest BCUT2D eigenvalue weighted by Gasteiger charge is -2.27. The van der Waals surface area contributed by atoms with Gasteiger partial charge in [-0.1, -0.05) is 19.9 Å². The minimum Gasteiger partial charge on any atom is -0.383 e. The molecule has 18 heavy (non-hydrogen) atoms. The van der Waals surface area contributed by atoms with E-state index in [1.54, 1.807) is 19.2 Å². The molecule has 4 heteroatoms. The molecule has 0 spiro atoms. The average molecular weight is 250 g/mol. The molecule has 0 aliphatic rings. The molecular weight excluding hydrogens is 231 g/mol. The van der Waals surface area contributed by atoms with E-state index >= 15 is 0 Å². The molecule has 0 N–H and O–H groups in total. The fraction of sp³-hybridized carbons (Fsp3) is 0.500. The van der Waals surface area contributed by atoms with Gasteiger partial charge in [0.15, 0.2) is 0 Å². The zero-order valence-corrected chi connectivity index (χ0v) is 11.1. The van der Waals surface area contributed by atoms with E-state index in [0.717, 1.165) is 6.54 Å². The van der Waals surface area contributed by atoms with Crippen LogP contribution in [-0.2, 0) is 4.74 Å². The van der Waals surface area contributed by atoms with E-state index in [4.69, 9.17) is 10.00 Å². The molecule has 1 aromatic rings. The highest BCUT2D eigenvalue weighted by Crippen LogP contribution is 2.23. The Kier molecular flexibility index (Phi) is 5.60. The predicted octanol–water partition coefficient (Wildman–Crippen LogP) is 2.81. The first-order valence-electron chi connectivity index (χ1n) is 6.02. The van der Waals surface area contributed by atoms with Crippen LogP contribution in [-0.4, -0.2) is 26.8 Å². The summed E-state index contributed by atoms with van der Waals surface area (Å²) >= 11 is 0. The van der Waals surface area contributed by atoms with Crippen LogP contribution in [0.2, 0.25) is 0 Å². The predicted molar refractivity (Wildman–Crippen MR) is 70.0 cm³/mol. The number of ether oxygens (including phenoxy) is 1. The first-order chi connectivity index (χ1) is 8.60. The van der Waals surface area contributed by atoms with Crippen LogP contribution in [0.15, 0.2) is 18.2 Å². The molecule has 0 aliphatic carbocycles. The Morgan fingerprint density at radius 2 is 2.17 bits per heavy atom. The fourth-order valence-corrected chi connectivity index (χ4v) is 1.84. The van der Waals surface area contributed by atoms with Gasteiger partial charge in [0.25, 0.3) is 0 Å². The van der Waals surface area contributed by atoms with Gasteiger partial charge in [-0.25, -0.2) is 4.39 Å². The number of methoxy groups -OCH3 is 1. The molecular formula is C14H19FN2O. The van der Waals surface area contributed by atoms with Crippen molar-refractivity contribution < 1.29 is 9.13 Å². The third-order valence-electron chi connectivity index (χ3n) is 2.59. The molecule has 3 nitrogen and oxygen atoms in total. The van der Waals surface area contributed by atoms with Crippen molar-refractivity contribution in [1.82, 2.24) is 0 Å². The minimum absolute atomic E-state index is 0.106. The first-order valence-corrected chi connectivity index (χ1v) is 6.02. The lowest BCUT2D eigenvalue weighted by molar-refractivity contribution is 0.204. The minimum atomic E-state index is -0.471. The summed E-state index contributed by atoms with van der Waals surface area (Å²) in [4.78, 5) is 2.00. The fourth-order valence-electron chi connectivity index (χ4n) is 1.84. The summed E-state index contributed by atoms with van der Waals surface area (Å²) < 4.78 is 18.7. The van der Waals surface area contributed by atoms with Crippen LogP contribution < -0.4 is 4.90 Å². The number of nitrogens with zero attached hydrogens (tertiary/aromatic N) is 2. The first kappa shape index (κ1) is 14.5. The second-order valence-corrected chi connectivity index (χ2v) is 4.58. The third-order valence-corrected chi connectivity index (χ3v) is 2.59. The Labute approximate surface area is 108 Å². The van der Waals surface area contributed by atoms with Gasteiger partial charge >= 0.3 is 0 Å². The molecule has 1 aromatic carbocycles. The lowest BCUT2D eigenvalue weighted by atomic mass is 10.1. The third kappa shape index (κ3) is 3.71. The molecule has 98 valence electrons. The summed E-state index contributed by atoms with van der Waals surface area (Å²) in [5, 5.41) is 9.06. The Morgan fingerprint density at radius 1 is 1.44 bits per heavy atom. The number of anilines is 1. The second-order valence-electron chi connectivity index (χ2n) is 4.58. The summed E-state index contributed by atoms with van der Waals surface area (Å²) in [7, 11) is 1.63. The quantitative estimate of drug-likeness (QED) is 0.779. The van der Waals surface area contributed by atoms with E-state index < -0.39 is 5.82 Å². The molecule has 0 unspecified atom stereocenters. The van der Waals surface area contributed by atoms with Crippen LogP contribution in [0.3, 0.4) is 0 Å². The summed E-state index contributed by atoms with van der Waals surface area (Å²) in [5.74, 6) is -0.0437. The Bertz CT molecular complexity index is 426. The second kappa shape index (κ2) is 6.97. The molecule has 0 radical (unpaired) electrons. The molecule has 0 aliphatic heterocycles. The van der Waals surface area contributed by atoms with Crippen molar-refractivity contribution in [3.63, 3.8) is 0 Å². The van der Waals surface area contributed by atoms with E-state index in [9.17, 15) is 4.39 Å². The monoisotopic (exact) mass is 250 g/mol. The standard InChI is InChI=1S/C14H19FN2O/c1-11(2)10-17(7-8-18-3)14-6-4-5-13(15)12(14)9-16/h4-6,11H,7-8,10H2,1-3H3. The van der Waals surface area contributed by atoms with E-state index in [1.807, 2.05) is 11.0 Å². The van der Waals surface area contributed by atoms with Crippen molar-refractivity contribution >= 4 is 5.69 Å². The molecule has 0 saturated carbocycles. The zero-order valence-electron chi connectivity index (χ0n) is 11.1. The number of benzene rings is 1. The van der Waals surface area contributed by atoms with E-state index in [2.05, 4.69) is 13.8 Å². The summed E-state index contributed by atoms with van der Waals surface area (Å²) in [6, 6.07) is 6.66. The topological polar surface area (TPSA) is 36.3 Å². The smallest absolute Gasteiger partial charge is 0.143 e. The van der Waals surface area contributed by atoms with Gasteiger partial charge in [0.05, 0.1) is 12.3 Å². The van der Waals surface area contributed by atoms with Gasteiger partial charge in [-0.2, -0.15) is 5.26 Å². The van der Waals surface area contributed by atoms with Crippen LogP contribution >= 0.6 is 0 Å². The number of nitriles is 1. The van der Waals surface area contributed by atoms with Crippen LogP contribution in [0.25, 0.3) is 0 Å². The van der Waals surface area contributed by atoms with Crippen molar-refractivity contribution in [2.75, 3.05) is 31.7 Å². The number of halogens is 1. The van der Waals surface area contributed by atoms with Crippen molar-refractivity contribution in [3.05, 3.63) is 29.6 Å². The van der Waals surface area contributed by atoms with Crippen molar-refractivity contribution in [3.8, 4) is 6.07 Å². The Hall–Kier alpha value is -1.60. The highest BCUT2D eigenvalue weighted by molar-refractivity contribution is 5.59. The average Bonchev–Trinajstić information content (AvgIpc) is 2.33.